The Kier molecular flexibility index (Phi) is 8.01. The zero-order valence-corrected chi connectivity index (χ0v) is 18.3. The number of carbonyl (C=O) groups excluding carboxylic acids is 1. The van der Waals surface area contributed by atoms with Gasteiger partial charge in [0.2, 0.25) is 15.9 Å². The molecule has 0 atom stereocenters. The Morgan fingerprint density at radius 1 is 1.06 bits per heavy atom. The zero-order valence-electron chi connectivity index (χ0n) is 16.7. The third-order valence-electron chi connectivity index (χ3n) is 5.10. The second kappa shape index (κ2) is 10.5. The maximum Gasteiger partial charge on any atom is 0.246 e. The van der Waals surface area contributed by atoms with Crippen LogP contribution in [0.3, 0.4) is 0 Å². The molecule has 1 aliphatic rings. The van der Waals surface area contributed by atoms with E-state index in [9.17, 15) is 26.4 Å². The third-order valence-corrected chi connectivity index (χ3v) is 8.02. The molecule has 1 amide bonds. The number of piperidine rings is 1. The van der Waals surface area contributed by atoms with Gasteiger partial charge < -0.3 is 5.32 Å². The van der Waals surface area contributed by atoms with Crippen molar-refractivity contribution in [2.45, 2.75) is 23.5 Å². The molecule has 0 aromatic heterocycles. The summed E-state index contributed by atoms with van der Waals surface area (Å²) in [5.41, 5.74) is 0.613. The van der Waals surface area contributed by atoms with E-state index in [0.29, 0.717) is 42.5 Å². The summed E-state index contributed by atoms with van der Waals surface area (Å²) in [4.78, 5) is 11.7. The Hall–Kier alpha value is -2.04. The van der Waals surface area contributed by atoms with Crippen molar-refractivity contribution in [3.05, 3.63) is 65.5 Å². The number of nitrogens with zero attached hydrogens (tertiary/aromatic N) is 1. The van der Waals surface area contributed by atoms with E-state index >= 15 is 0 Å². The monoisotopic (exact) mass is 472 g/mol. The summed E-state index contributed by atoms with van der Waals surface area (Å²) < 4.78 is 67.1. The van der Waals surface area contributed by atoms with Gasteiger partial charge in [-0.3, -0.25) is 4.79 Å². The number of nitrogens with one attached hydrogen (secondary N) is 1. The first-order chi connectivity index (χ1) is 14.8. The van der Waals surface area contributed by atoms with Gasteiger partial charge in [-0.05, 0) is 42.7 Å². The molecule has 0 bridgehead atoms. The van der Waals surface area contributed by atoms with Gasteiger partial charge in [0, 0.05) is 37.1 Å². The summed E-state index contributed by atoms with van der Waals surface area (Å²) in [6.07, 6.45) is 0.592. The van der Waals surface area contributed by atoms with Crippen molar-refractivity contribution in [1.29, 1.82) is 0 Å². The van der Waals surface area contributed by atoms with Gasteiger partial charge in [0.05, 0.1) is 0 Å². The topological polar surface area (TPSA) is 66.5 Å². The molecule has 0 radical (unpaired) electrons. The average molecular weight is 473 g/mol. The molecule has 5 nitrogen and oxygen atoms in total. The molecule has 10 heteroatoms. The Morgan fingerprint density at radius 2 is 1.77 bits per heavy atom. The van der Waals surface area contributed by atoms with Crippen LogP contribution in [0.25, 0.3) is 0 Å². The number of hydrogen-bond acceptors (Lipinski definition) is 4. The lowest BCUT2D eigenvalue weighted by Crippen LogP contribution is -2.43. The highest BCUT2D eigenvalue weighted by atomic mass is 32.2. The molecular formula is C21H23F3N2O3S2. The summed E-state index contributed by atoms with van der Waals surface area (Å²) in [5, 5.41) is 2.82. The molecule has 1 N–H and O–H groups in total. The van der Waals surface area contributed by atoms with Crippen molar-refractivity contribution in [2.75, 3.05) is 25.4 Å². The largest absolute Gasteiger partial charge is 0.355 e. The van der Waals surface area contributed by atoms with Gasteiger partial charge in [0.1, 0.15) is 22.3 Å². The maximum atomic E-state index is 13.9. The predicted molar refractivity (Wildman–Crippen MR) is 113 cm³/mol. The Bertz CT molecular complexity index is 1030. The zero-order chi connectivity index (χ0) is 22.4. The smallest absolute Gasteiger partial charge is 0.246 e. The van der Waals surface area contributed by atoms with Crippen molar-refractivity contribution < 1.29 is 26.4 Å². The molecule has 2 aromatic rings. The lowest BCUT2D eigenvalue weighted by Gasteiger charge is -2.30. The van der Waals surface area contributed by atoms with Gasteiger partial charge in [-0.15, -0.1) is 0 Å². The quantitative estimate of drug-likeness (QED) is 0.597. The highest BCUT2D eigenvalue weighted by molar-refractivity contribution is 7.98. The van der Waals surface area contributed by atoms with E-state index < -0.39 is 26.6 Å². The van der Waals surface area contributed by atoms with Gasteiger partial charge in [-0.1, -0.05) is 18.2 Å². The SMILES string of the molecule is O=C(NCCSCc1ccccc1F)C1CCN(S(=O)(=O)c2cc(F)ccc2F)CC1. The summed E-state index contributed by atoms with van der Waals surface area (Å²) in [6, 6.07) is 8.85. The van der Waals surface area contributed by atoms with Gasteiger partial charge >= 0.3 is 0 Å². The Labute approximate surface area is 184 Å². The van der Waals surface area contributed by atoms with Gasteiger partial charge in [0.15, 0.2) is 0 Å². The van der Waals surface area contributed by atoms with E-state index in [2.05, 4.69) is 5.32 Å². The summed E-state index contributed by atoms with van der Waals surface area (Å²) >= 11 is 1.50. The number of sulfonamides is 1. The van der Waals surface area contributed by atoms with Crippen molar-refractivity contribution in [3.63, 3.8) is 0 Å². The number of halogens is 3. The normalized spacial score (nSPS) is 15.7. The minimum absolute atomic E-state index is 0.0540. The van der Waals surface area contributed by atoms with E-state index in [1.165, 1.54) is 17.8 Å². The molecule has 3 rings (SSSR count). The molecule has 0 aliphatic carbocycles. The minimum atomic E-state index is -4.17. The molecule has 0 unspecified atom stereocenters. The van der Waals surface area contributed by atoms with Crippen LogP contribution in [-0.4, -0.2) is 44.0 Å². The summed E-state index contributed by atoms with van der Waals surface area (Å²) in [7, 11) is -4.17. The number of amides is 1. The first-order valence-corrected chi connectivity index (χ1v) is 12.4. The van der Waals surface area contributed by atoms with Gasteiger partial charge in [-0.25, -0.2) is 21.6 Å². The minimum Gasteiger partial charge on any atom is -0.355 e. The summed E-state index contributed by atoms with van der Waals surface area (Å²) in [5.74, 6) is -1.47. The number of rotatable bonds is 8. The van der Waals surface area contributed by atoms with E-state index in [1.807, 2.05) is 0 Å². The number of benzene rings is 2. The van der Waals surface area contributed by atoms with Crippen LogP contribution in [-0.2, 0) is 20.6 Å². The van der Waals surface area contributed by atoms with Crippen molar-refractivity contribution in [1.82, 2.24) is 9.62 Å². The highest BCUT2D eigenvalue weighted by Gasteiger charge is 2.33. The number of thioether (sulfide) groups is 1. The molecule has 31 heavy (non-hydrogen) atoms. The van der Waals surface area contributed by atoms with Gasteiger partial charge in [0.25, 0.3) is 0 Å². The van der Waals surface area contributed by atoms with Crippen molar-refractivity contribution in [3.8, 4) is 0 Å². The number of hydrogen-bond donors (Lipinski definition) is 1. The van der Waals surface area contributed by atoms with Crippen LogP contribution < -0.4 is 5.32 Å². The van der Waals surface area contributed by atoms with Crippen LogP contribution in [0.4, 0.5) is 13.2 Å². The van der Waals surface area contributed by atoms with E-state index in [-0.39, 0.29) is 30.7 Å². The molecule has 1 saturated heterocycles. The highest BCUT2D eigenvalue weighted by Crippen LogP contribution is 2.26. The van der Waals surface area contributed by atoms with Crippen LogP contribution in [0.15, 0.2) is 47.4 Å². The molecule has 2 aromatic carbocycles. The third kappa shape index (κ3) is 6.02. The van der Waals surface area contributed by atoms with Crippen LogP contribution >= 0.6 is 11.8 Å². The maximum absolute atomic E-state index is 13.9. The second-order valence-electron chi connectivity index (χ2n) is 7.19. The fraction of sp³-hybridized carbons (Fsp3) is 0.381. The fourth-order valence-corrected chi connectivity index (χ4v) is 5.75. The molecule has 1 fully saturated rings. The first-order valence-electron chi connectivity index (χ1n) is 9.83. The van der Waals surface area contributed by atoms with Gasteiger partial charge in [-0.2, -0.15) is 16.1 Å². The lowest BCUT2D eigenvalue weighted by molar-refractivity contribution is -0.125. The molecular weight excluding hydrogens is 449 g/mol. The molecule has 0 saturated carbocycles. The van der Waals surface area contributed by atoms with Crippen LogP contribution in [0.5, 0.6) is 0 Å². The van der Waals surface area contributed by atoms with E-state index in [0.717, 1.165) is 16.4 Å². The van der Waals surface area contributed by atoms with E-state index in [1.54, 1.807) is 18.2 Å². The molecule has 1 aliphatic heterocycles. The first kappa shape index (κ1) is 23.6. The molecule has 1 heterocycles. The van der Waals surface area contributed by atoms with E-state index in [4.69, 9.17) is 0 Å². The summed E-state index contributed by atoms with van der Waals surface area (Å²) in [6.45, 7) is 0.530. The Balaban J connectivity index is 1.43. The molecule has 168 valence electrons. The average Bonchev–Trinajstić information content (AvgIpc) is 2.76. The van der Waals surface area contributed by atoms with Crippen molar-refractivity contribution in [2.24, 2.45) is 5.92 Å². The van der Waals surface area contributed by atoms with Crippen LogP contribution in [0, 0.1) is 23.4 Å². The lowest BCUT2D eigenvalue weighted by atomic mass is 9.97. The predicted octanol–water partition coefficient (Wildman–Crippen LogP) is 3.55. The fourth-order valence-electron chi connectivity index (χ4n) is 3.36. The standard InChI is InChI=1S/C21H23F3N2O3S2/c22-17-5-6-19(24)20(13-17)31(28,29)26-10-7-15(8-11-26)21(27)25-9-12-30-14-16-3-1-2-4-18(16)23/h1-6,13,15H,7-12,14H2,(H,25,27). The Morgan fingerprint density at radius 3 is 2.48 bits per heavy atom. The number of carbonyl (C=O) groups is 1. The van der Waals surface area contributed by atoms with Crippen LogP contribution in [0.2, 0.25) is 0 Å². The molecule has 0 spiro atoms. The van der Waals surface area contributed by atoms with Crippen molar-refractivity contribution >= 4 is 27.7 Å². The second-order valence-corrected chi connectivity index (χ2v) is 10.2. The van der Waals surface area contributed by atoms with Crippen LogP contribution in [0.1, 0.15) is 18.4 Å².